The third kappa shape index (κ3) is 2.51. The minimum Gasteiger partial charge on any atom is -0.323 e. The predicted octanol–water partition coefficient (Wildman–Crippen LogP) is 0.983. The Morgan fingerprint density at radius 1 is 1.67 bits per heavy atom. The summed E-state index contributed by atoms with van der Waals surface area (Å²) in [5, 5.41) is 11.1. The fraction of sp³-hybridized carbons (Fsp3) is 0.200. The lowest BCUT2D eigenvalue weighted by Crippen LogP contribution is -2.32. The summed E-state index contributed by atoms with van der Waals surface area (Å²) in [5.74, 6) is -1.13. The van der Waals surface area contributed by atoms with Crippen molar-refractivity contribution in [2.24, 2.45) is 5.73 Å². The van der Waals surface area contributed by atoms with Crippen LogP contribution in [0.5, 0.6) is 0 Å². The van der Waals surface area contributed by atoms with Crippen LogP contribution in [0.25, 0.3) is 0 Å². The molecule has 5 heteroatoms. The van der Waals surface area contributed by atoms with E-state index in [1.165, 1.54) is 19.1 Å². The highest BCUT2D eigenvalue weighted by Crippen LogP contribution is 2.17. The molecule has 0 spiro atoms. The molecule has 3 N–H and O–H groups in total. The smallest absolute Gasteiger partial charge is 0.241 e. The van der Waals surface area contributed by atoms with E-state index in [1.54, 1.807) is 6.07 Å². The fourth-order valence-electron chi connectivity index (χ4n) is 0.988. The van der Waals surface area contributed by atoms with Crippen molar-refractivity contribution in [1.82, 2.24) is 0 Å². The molecule has 1 aromatic carbocycles. The number of rotatable bonds is 2. The molecule has 1 amide bonds. The number of hydrogen-bond donors (Lipinski definition) is 2. The number of halogens is 1. The molecule has 0 unspecified atom stereocenters. The van der Waals surface area contributed by atoms with E-state index in [2.05, 4.69) is 5.32 Å². The minimum absolute atomic E-state index is 0.139. The molecule has 4 nitrogen and oxygen atoms in total. The molecule has 0 aliphatic rings. The molecule has 1 atom stereocenters. The number of nitrogens with zero attached hydrogens (tertiary/aromatic N) is 1. The number of carbonyl (C=O) groups is 1. The van der Waals surface area contributed by atoms with Crippen LogP contribution in [0.3, 0.4) is 0 Å². The van der Waals surface area contributed by atoms with E-state index < -0.39 is 17.8 Å². The van der Waals surface area contributed by atoms with E-state index in [0.29, 0.717) is 0 Å². The van der Waals surface area contributed by atoms with Crippen molar-refractivity contribution >= 4 is 11.6 Å². The van der Waals surface area contributed by atoms with Crippen LogP contribution in [0, 0.1) is 17.1 Å². The summed E-state index contributed by atoms with van der Waals surface area (Å²) >= 11 is 0. The van der Waals surface area contributed by atoms with Gasteiger partial charge in [0, 0.05) is 0 Å². The van der Waals surface area contributed by atoms with Crippen LogP contribution in [0.2, 0.25) is 0 Å². The monoisotopic (exact) mass is 207 g/mol. The van der Waals surface area contributed by atoms with Gasteiger partial charge in [-0.15, -0.1) is 0 Å². The van der Waals surface area contributed by atoms with Gasteiger partial charge in [0.25, 0.3) is 0 Å². The first-order valence-corrected chi connectivity index (χ1v) is 4.31. The number of anilines is 1. The normalized spacial score (nSPS) is 11.6. The number of nitrogens with one attached hydrogen (secondary N) is 1. The van der Waals surface area contributed by atoms with E-state index in [0.717, 1.165) is 6.07 Å². The van der Waals surface area contributed by atoms with Gasteiger partial charge in [-0.3, -0.25) is 4.79 Å². The van der Waals surface area contributed by atoms with Crippen LogP contribution >= 0.6 is 0 Å². The molecule has 0 aliphatic heterocycles. The van der Waals surface area contributed by atoms with Crippen LogP contribution in [0.4, 0.5) is 10.1 Å². The highest BCUT2D eigenvalue weighted by molar-refractivity contribution is 5.95. The first kappa shape index (κ1) is 11.1. The van der Waals surface area contributed by atoms with Crippen molar-refractivity contribution in [1.29, 1.82) is 5.26 Å². The molecular formula is C10H10FN3O. The lowest BCUT2D eigenvalue weighted by Gasteiger charge is -2.09. The highest BCUT2D eigenvalue weighted by atomic mass is 19.1. The Labute approximate surface area is 86.5 Å². The summed E-state index contributed by atoms with van der Waals surface area (Å²) in [7, 11) is 0. The molecule has 0 aromatic heterocycles. The Morgan fingerprint density at radius 3 is 2.87 bits per heavy atom. The number of carbonyl (C=O) groups excluding carboxylic acids is 1. The molecule has 0 saturated heterocycles. The van der Waals surface area contributed by atoms with Crippen LogP contribution in [-0.2, 0) is 4.79 Å². The zero-order valence-corrected chi connectivity index (χ0v) is 8.12. The molecule has 0 bridgehead atoms. The summed E-state index contributed by atoms with van der Waals surface area (Å²) in [6.07, 6.45) is 0. The standard InChI is InChI=1S/C10H10FN3O/c1-6(13)10(15)14-9-4-2-3-8(11)7(9)5-12/h2-4,6H,13H2,1H3,(H,14,15)/t6-/m0/s1. The van der Waals surface area contributed by atoms with Crippen LogP contribution < -0.4 is 11.1 Å². The molecule has 0 aliphatic carbocycles. The zero-order valence-electron chi connectivity index (χ0n) is 8.12. The van der Waals surface area contributed by atoms with Crippen LogP contribution in [0.15, 0.2) is 18.2 Å². The van der Waals surface area contributed by atoms with Gasteiger partial charge in [-0.2, -0.15) is 5.26 Å². The second-order valence-electron chi connectivity index (χ2n) is 3.05. The molecule has 0 radical (unpaired) electrons. The summed E-state index contributed by atoms with van der Waals surface area (Å²) in [6.45, 7) is 1.50. The van der Waals surface area contributed by atoms with Crippen LogP contribution in [-0.4, -0.2) is 11.9 Å². The van der Waals surface area contributed by atoms with Crippen molar-refractivity contribution in [3.63, 3.8) is 0 Å². The Balaban J connectivity index is 3.01. The van der Waals surface area contributed by atoms with Gasteiger partial charge < -0.3 is 11.1 Å². The third-order valence-corrected chi connectivity index (χ3v) is 1.80. The van der Waals surface area contributed by atoms with Crippen molar-refractivity contribution in [3.8, 4) is 6.07 Å². The van der Waals surface area contributed by atoms with E-state index in [1.807, 2.05) is 0 Å². The summed E-state index contributed by atoms with van der Waals surface area (Å²) < 4.78 is 13.1. The Hall–Kier alpha value is -1.93. The Bertz CT molecular complexity index is 423. The number of nitriles is 1. The zero-order chi connectivity index (χ0) is 11.4. The number of nitrogens with two attached hydrogens (primary N) is 1. The Morgan fingerprint density at radius 2 is 2.33 bits per heavy atom. The maximum absolute atomic E-state index is 13.1. The Kier molecular flexibility index (Phi) is 3.37. The predicted molar refractivity (Wildman–Crippen MR) is 53.4 cm³/mol. The summed E-state index contributed by atoms with van der Waals surface area (Å²) in [4.78, 5) is 11.2. The third-order valence-electron chi connectivity index (χ3n) is 1.80. The molecule has 0 fully saturated rings. The molecular weight excluding hydrogens is 197 g/mol. The molecule has 0 saturated carbocycles. The van der Waals surface area contributed by atoms with E-state index in [4.69, 9.17) is 11.0 Å². The van der Waals surface area contributed by atoms with Crippen molar-refractivity contribution in [3.05, 3.63) is 29.6 Å². The lowest BCUT2D eigenvalue weighted by atomic mass is 10.1. The molecule has 1 rings (SSSR count). The van der Waals surface area contributed by atoms with Gasteiger partial charge in [0.05, 0.1) is 11.7 Å². The van der Waals surface area contributed by atoms with Gasteiger partial charge in [-0.05, 0) is 19.1 Å². The number of benzene rings is 1. The minimum atomic E-state index is -0.709. The average molecular weight is 207 g/mol. The van der Waals surface area contributed by atoms with Gasteiger partial charge >= 0.3 is 0 Å². The van der Waals surface area contributed by atoms with Gasteiger partial charge in [-0.25, -0.2) is 4.39 Å². The van der Waals surface area contributed by atoms with E-state index >= 15 is 0 Å². The van der Waals surface area contributed by atoms with Crippen molar-refractivity contribution < 1.29 is 9.18 Å². The molecule has 1 aromatic rings. The first-order valence-electron chi connectivity index (χ1n) is 4.31. The van der Waals surface area contributed by atoms with E-state index in [9.17, 15) is 9.18 Å². The second kappa shape index (κ2) is 4.53. The summed E-state index contributed by atoms with van der Waals surface area (Å²) in [5.41, 5.74) is 5.27. The summed E-state index contributed by atoms with van der Waals surface area (Å²) in [6, 6.07) is 4.98. The van der Waals surface area contributed by atoms with Gasteiger partial charge in [0.15, 0.2) is 0 Å². The van der Waals surface area contributed by atoms with Gasteiger partial charge in [-0.1, -0.05) is 6.07 Å². The first-order chi connectivity index (χ1) is 7.06. The quantitative estimate of drug-likeness (QED) is 0.758. The van der Waals surface area contributed by atoms with E-state index in [-0.39, 0.29) is 11.3 Å². The maximum Gasteiger partial charge on any atom is 0.241 e. The fourth-order valence-corrected chi connectivity index (χ4v) is 0.988. The van der Waals surface area contributed by atoms with Gasteiger partial charge in [0.2, 0.25) is 5.91 Å². The average Bonchev–Trinajstić information content (AvgIpc) is 2.18. The number of hydrogen-bond acceptors (Lipinski definition) is 3. The van der Waals surface area contributed by atoms with Gasteiger partial charge in [0.1, 0.15) is 17.4 Å². The SMILES string of the molecule is C[C@H](N)C(=O)Nc1cccc(F)c1C#N. The largest absolute Gasteiger partial charge is 0.323 e. The molecule has 78 valence electrons. The van der Waals surface area contributed by atoms with Crippen LogP contribution in [0.1, 0.15) is 12.5 Å². The number of amides is 1. The lowest BCUT2D eigenvalue weighted by molar-refractivity contribution is -0.117. The highest BCUT2D eigenvalue weighted by Gasteiger charge is 2.12. The topological polar surface area (TPSA) is 78.9 Å². The maximum atomic E-state index is 13.1. The molecule has 0 heterocycles. The second-order valence-corrected chi connectivity index (χ2v) is 3.05. The van der Waals surface area contributed by atoms with Crippen molar-refractivity contribution in [2.75, 3.05) is 5.32 Å². The molecule has 15 heavy (non-hydrogen) atoms. The van der Waals surface area contributed by atoms with Crippen molar-refractivity contribution in [2.45, 2.75) is 13.0 Å².